The number of ether oxygens (including phenoxy) is 2. The fourth-order valence-corrected chi connectivity index (χ4v) is 5.81. The molecule has 2 aromatic carbocycles. The van der Waals surface area contributed by atoms with Gasteiger partial charge in [0.15, 0.2) is 6.61 Å². The Balaban J connectivity index is 2.06. The number of carboxylic acid groups (broad SMARTS) is 1. The van der Waals surface area contributed by atoms with Crippen LogP contribution in [0.3, 0.4) is 0 Å². The van der Waals surface area contributed by atoms with Crippen molar-refractivity contribution in [3.63, 3.8) is 0 Å². The van der Waals surface area contributed by atoms with E-state index in [1.807, 2.05) is 26.0 Å². The summed E-state index contributed by atoms with van der Waals surface area (Å²) in [7, 11) is -2.22. The normalized spacial score (nSPS) is 11.5. The zero-order chi connectivity index (χ0) is 23.0. The molecule has 0 atom stereocenters. The lowest BCUT2D eigenvalue weighted by Gasteiger charge is -2.22. The first-order valence-electron chi connectivity index (χ1n) is 9.60. The van der Waals surface area contributed by atoms with Crippen LogP contribution in [0.4, 0.5) is 0 Å². The summed E-state index contributed by atoms with van der Waals surface area (Å²) in [4.78, 5) is 11.7. The SMILES string of the molecule is CCCN(CCSc1ccc(OCC(=O)O)c(C)c1)S(=O)(=O)c1ccc(OC)c(Cl)c1. The number of rotatable bonds is 12. The van der Waals surface area contributed by atoms with Crippen molar-refractivity contribution in [2.24, 2.45) is 0 Å². The van der Waals surface area contributed by atoms with Gasteiger partial charge in [0.2, 0.25) is 10.0 Å². The third-order valence-corrected chi connectivity index (χ3v) is 7.50. The topological polar surface area (TPSA) is 93.1 Å². The fraction of sp³-hybridized carbons (Fsp3) is 0.381. The van der Waals surface area contributed by atoms with E-state index >= 15 is 0 Å². The van der Waals surface area contributed by atoms with Gasteiger partial charge in [-0.3, -0.25) is 0 Å². The van der Waals surface area contributed by atoms with E-state index in [0.717, 1.165) is 10.5 Å². The second kappa shape index (κ2) is 11.6. The summed E-state index contributed by atoms with van der Waals surface area (Å²) < 4.78 is 38.0. The van der Waals surface area contributed by atoms with Gasteiger partial charge in [0.1, 0.15) is 11.5 Å². The van der Waals surface area contributed by atoms with E-state index in [-0.39, 0.29) is 9.92 Å². The van der Waals surface area contributed by atoms with Gasteiger partial charge in [0.25, 0.3) is 0 Å². The summed E-state index contributed by atoms with van der Waals surface area (Å²) in [5.74, 6) is 0.452. The molecule has 31 heavy (non-hydrogen) atoms. The maximum absolute atomic E-state index is 13.1. The maximum Gasteiger partial charge on any atom is 0.341 e. The predicted molar refractivity (Wildman–Crippen MR) is 122 cm³/mol. The van der Waals surface area contributed by atoms with Gasteiger partial charge in [-0.1, -0.05) is 18.5 Å². The molecule has 0 bridgehead atoms. The van der Waals surface area contributed by atoms with Crippen LogP contribution in [0.5, 0.6) is 11.5 Å². The molecule has 0 saturated heterocycles. The van der Waals surface area contributed by atoms with E-state index in [0.29, 0.717) is 36.8 Å². The van der Waals surface area contributed by atoms with Gasteiger partial charge in [0, 0.05) is 23.7 Å². The number of nitrogens with zero attached hydrogens (tertiary/aromatic N) is 1. The van der Waals surface area contributed by atoms with Crippen molar-refractivity contribution in [2.45, 2.75) is 30.1 Å². The van der Waals surface area contributed by atoms with Crippen molar-refractivity contribution in [2.75, 3.05) is 32.6 Å². The Morgan fingerprint density at radius 3 is 2.45 bits per heavy atom. The summed E-state index contributed by atoms with van der Waals surface area (Å²) >= 11 is 7.63. The average molecular weight is 488 g/mol. The number of carbonyl (C=O) groups is 1. The summed E-state index contributed by atoms with van der Waals surface area (Å²) in [5, 5.41) is 8.97. The lowest BCUT2D eigenvalue weighted by atomic mass is 10.2. The number of hydrogen-bond acceptors (Lipinski definition) is 6. The molecule has 7 nitrogen and oxygen atoms in total. The van der Waals surface area contributed by atoms with Crippen molar-refractivity contribution >= 4 is 39.4 Å². The quantitative estimate of drug-likeness (QED) is 0.446. The summed E-state index contributed by atoms with van der Waals surface area (Å²) in [6.07, 6.45) is 0.683. The molecule has 0 heterocycles. The smallest absolute Gasteiger partial charge is 0.341 e. The number of sulfonamides is 1. The lowest BCUT2D eigenvalue weighted by molar-refractivity contribution is -0.139. The molecule has 0 radical (unpaired) electrons. The standard InChI is InChI=1S/C21H26ClNO6S2/c1-4-9-23(31(26,27)17-6-8-20(28-3)18(22)13-17)10-11-30-16-5-7-19(15(2)12-16)29-14-21(24)25/h5-8,12-13H,4,9-11,14H2,1-3H3,(H,24,25). The highest BCUT2D eigenvalue weighted by Gasteiger charge is 2.24. The van der Waals surface area contributed by atoms with Crippen molar-refractivity contribution < 1.29 is 27.8 Å². The van der Waals surface area contributed by atoms with Gasteiger partial charge in [-0.25, -0.2) is 13.2 Å². The van der Waals surface area contributed by atoms with Crippen LogP contribution in [0.15, 0.2) is 46.2 Å². The molecule has 2 rings (SSSR count). The number of carboxylic acids is 1. The molecule has 1 N–H and O–H groups in total. The van der Waals surface area contributed by atoms with Crippen molar-refractivity contribution in [1.82, 2.24) is 4.31 Å². The van der Waals surface area contributed by atoms with Crippen LogP contribution >= 0.6 is 23.4 Å². The number of thioether (sulfide) groups is 1. The highest BCUT2D eigenvalue weighted by molar-refractivity contribution is 7.99. The molecule has 0 amide bonds. The van der Waals surface area contributed by atoms with Gasteiger partial charge in [-0.05, 0) is 55.3 Å². The second-order valence-electron chi connectivity index (χ2n) is 6.66. The number of methoxy groups -OCH3 is 1. The molecule has 0 aliphatic carbocycles. The minimum atomic E-state index is -3.69. The zero-order valence-corrected chi connectivity index (χ0v) is 20.0. The lowest BCUT2D eigenvalue weighted by Crippen LogP contribution is -2.33. The van der Waals surface area contributed by atoms with Crippen molar-refractivity contribution in [3.8, 4) is 11.5 Å². The molecular weight excluding hydrogens is 462 g/mol. The molecule has 0 fully saturated rings. The highest BCUT2D eigenvalue weighted by Crippen LogP contribution is 2.29. The van der Waals surface area contributed by atoms with Gasteiger partial charge in [-0.2, -0.15) is 4.31 Å². The Morgan fingerprint density at radius 1 is 1.16 bits per heavy atom. The van der Waals surface area contributed by atoms with E-state index in [9.17, 15) is 13.2 Å². The van der Waals surface area contributed by atoms with Crippen LogP contribution in [0, 0.1) is 6.92 Å². The molecule has 0 unspecified atom stereocenters. The number of aliphatic carboxylic acids is 1. The van der Waals surface area contributed by atoms with Crippen LogP contribution in [-0.4, -0.2) is 56.4 Å². The Bertz CT molecular complexity index is 1010. The molecule has 0 aliphatic rings. The third kappa shape index (κ3) is 7.03. The Labute approximate surface area is 192 Å². The average Bonchev–Trinajstić information content (AvgIpc) is 2.72. The van der Waals surface area contributed by atoms with Gasteiger partial charge >= 0.3 is 5.97 Å². The van der Waals surface area contributed by atoms with Crippen LogP contribution in [-0.2, 0) is 14.8 Å². The van der Waals surface area contributed by atoms with Gasteiger partial charge in [-0.15, -0.1) is 11.8 Å². The monoisotopic (exact) mass is 487 g/mol. The number of benzene rings is 2. The fourth-order valence-electron chi connectivity index (χ4n) is 2.84. The molecule has 10 heteroatoms. The Morgan fingerprint density at radius 2 is 1.87 bits per heavy atom. The molecule has 2 aromatic rings. The molecule has 0 spiro atoms. The molecule has 0 aromatic heterocycles. The molecule has 0 aliphatic heterocycles. The zero-order valence-electron chi connectivity index (χ0n) is 17.6. The highest BCUT2D eigenvalue weighted by atomic mass is 35.5. The number of halogens is 1. The molecular formula is C21H26ClNO6S2. The van der Waals surface area contributed by atoms with Crippen molar-refractivity contribution in [3.05, 3.63) is 47.0 Å². The molecule has 0 saturated carbocycles. The van der Waals surface area contributed by atoms with E-state index in [1.54, 1.807) is 12.1 Å². The van der Waals surface area contributed by atoms with E-state index in [2.05, 4.69) is 0 Å². The van der Waals surface area contributed by atoms with E-state index in [4.69, 9.17) is 26.2 Å². The van der Waals surface area contributed by atoms with Crippen LogP contribution in [0.2, 0.25) is 5.02 Å². The maximum atomic E-state index is 13.1. The third-order valence-electron chi connectivity index (χ3n) is 4.34. The van der Waals surface area contributed by atoms with E-state index in [1.165, 1.54) is 35.3 Å². The minimum Gasteiger partial charge on any atom is -0.495 e. The summed E-state index contributed by atoms with van der Waals surface area (Å²) in [6, 6.07) is 9.89. The molecule has 170 valence electrons. The first-order valence-corrected chi connectivity index (χ1v) is 12.4. The van der Waals surface area contributed by atoms with Crippen LogP contribution in [0.25, 0.3) is 0 Å². The number of hydrogen-bond donors (Lipinski definition) is 1. The first-order chi connectivity index (χ1) is 14.7. The number of aryl methyl sites for hydroxylation is 1. The Hall–Kier alpha value is -1.94. The Kier molecular flexibility index (Phi) is 9.49. The predicted octanol–water partition coefficient (Wildman–Crippen LogP) is 4.31. The van der Waals surface area contributed by atoms with Crippen LogP contribution < -0.4 is 9.47 Å². The van der Waals surface area contributed by atoms with Crippen LogP contribution in [0.1, 0.15) is 18.9 Å². The largest absolute Gasteiger partial charge is 0.495 e. The van der Waals surface area contributed by atoms with Crippen molar-refractivity contribution in [1.29, 1.82) is 0 Å². The minimum absolute atomic E-state index is 0.132. The first kappa shape index (κ1) is 25.3. The summed E-state index contributed by atoms with van der Waals surface area (Å²) in [6.45, 7) is 4.10. The van der Waals surface area contributed by atoms with Gasteiger partial charge in [0.05, 0.1) is 17.0 Å². The van der Waals surface area contributed by atoms with E-state index < -0.39 is 22.6 Å². The van der Waals surface area contributed by atoms with Gasteiger partial charge < -0.3 is 14.6 Å². The summed E-state index contributed by atoms with van der Waals surface area (Å²) in [5.41, 5.74) is 0.817. The second-order valence-corrected chi connectivity index (χ2v) is 10.2.